The lowest BCUT2D eigenvalue weighted by Crippen LogP contribution is -2.34. The van der Waals surface area contributed by atoms with Crippen molar-refractivity contribution < 1.29 is 9.21 Å². The first-order valence-corrected chi connectivity index (χ1v) is 7.18. The molecule has 2 heterocycles. The zero-order valence-electron chi connectivity index (χ0n) is 11.0. The van der Waals surface area contributed by atoms with Gasteiger partial charge in [-0.05, 0) is 38.6 Å². The Morgan fingerprint density at radius 2 is 2.21 bits per heavy atom. The summed E-state index contributed by atoms with van der Waals surface area (Å²) in [5.41, 5.74) is 0. The van der Waals surface area contributed by atoms with Crippen LogP contribution in [-0.2, 0) is 4.79 Å². The minimum atomic E-state index is -0.0432. The number of amides is 1. The Balaban J connectivity index is 1.42. The summed E-state index contributed by atoms with van der Waals surface area (Å²) < 4.78 is 5.40. The number of aromatic nitrogens is 2. The Hall–Kier alpha value is -1.43. The molecule has 0 bridgehead atoms. The molecule has 2 aliphatic rings. The SMILES string of the molecule is O=C(CCC1CCCCN1)Nc1nnc(C2CC2)o1. The van der Waals surface area contributed by atoms with E-state index in [2.05, 4.69) is 20.8 Å². The predicted octanol–water partition coefficient (Wildman–Crippen LogP) is 1.81. The van der Waals surface area contributed by atoms with Crippen LogP contribution in [0.5, 0.6) is 0 Å². The van der Waals surface area contributed by atoms with Gasteiger partial charge in [0.1, 0.15) is 0 Å². The van der Waals surface area contributed by atoms with Crippen LogP contribution in [0.4, 0.5) is 6.01 Å². The first kappa shape index (κ1) is 12.6. The van der Waals surface area contributed by atoms with Crippen molar-refractivity contribution >= 4 is 11.9 Å². The number of anilines is 1. The minimum absolute atomic E-state index is 0.0432. The molecule has 0 spiro atoms. The van der Waals surface area contributed by atoms with E-state index in [1.54, 1.807) is 0 Å². The van der Waals surface area contributed by atoms with Crippen LogP contribution < -0.4 is 10.6 Å². The number of nitrogens with zero attached hydrogens (tertiary/aromatic N) is 2. The quantitative estimate of drug-likeness (QED) is 0.847. The van der Waals surface area contributed by atoms with Crippen molar-refractivity contribution in [2.75, 3.05) is 11.9 Å². The summed E-state index contributed by atoms with van der Waals surface area (Å²) in [6.45, 7) is 1.07. The molecule has 0 aromatic carbocycles. The van der Waals surface area contributed by atoms with E-state index < -0.39 is 0 Å². The summed E-state index contributed by atoms with van der Waals surface area (Å²) in [4.78, 5) is 11.8. The van der Waals surface area contributed by atoms with Crippen LogP contribution in [0.25, 0.3) is 0 Å². The van der Waals surface area contributed by atoms with Gasteiger partial charge >= 0.3 is 6.01 Å². The van der Waals surface area contributed by atoms with Crippen LogP contribution >= 0.6 is 0 Å². The van der Waals surface area contributed by atoms with Crippen LogP contribution in [-0.4, -0.2) is 28.7 Å². The van der Waals surface area contributed by atoms with Crippen LogP contribution in [0.15, 0.2) is 4.42 Å². The second kappa shape index (κ2) is 5.69. The maximum Gasteiger partial charge on any atom is 0.322 e. The fourth-order valence-corrected chi connectivity index (χ4v) is 2.44. The first-order valence-electron chi connectivity index (χ1n) is 7.18. The first-order chi connectivity index (χ1) is 9.31. The summed E-state index contributed by atoms with van der Waals surface area (Å²) >= 11 is 0. The number of rotatable bonds is 5. The van der Waals surface area contributed by atoms with E-state index in [9.17, 15) is 4.79 Å². The van der Waals surface area contributed by atoms with Crippen molar-refractivity contribution in [3.05, 3.63) is 5.89 Å². The van der Waals surface area contributed by atoms with Gasteiger partial charge in [0.15, 0.2) is 0 Å². The molecule has 1 aromatic rings. The summed E-state index contributed by atoms with van der Waals surface area (Å²) in [5, 5.41) is 13.9. The Kier molecular flexibility index (Phi) is 3.77. The van der Waals surface area contributed by atoms with Crippen molar-refractivity contribution in [1.29, 1.82) is 0 Å². The van der Waals surface area contributed by atoms with Gasteiger partial charge in [0.2, 0.25) is 11.8 Å². The summed E-state index contributed by atoms with van der Waals surface area (Å²) in [7, 11) is 0. The van der Waals surface area contributed by atoms with Crippen LogP contribution in [0.2, 0.25) is 0 Å². The largest absolute Gasteiger partial charge is 0.408 e. The predicted molar refractivity (Wildman–Crippen MR) is 69.8 cm³/mol. The molecule has 19 heavy (non-hydrogen) atoms. The van der Waals surface area contributed by atoms with E-state index in [0.717, 1.165) is 25.8 Å². The van der Waals surface area contributed by atoms with Gasteiger partial charge in [-0.3, -0.25) is 10.1 Å². The van der Waals surface area contributed by atoms with Gasteiger partial charge in [-0.15, -0.1) is 5.10 Å². The molecule has 1 unspecified atom stereocenters. The number of carbonyl (C=O) groups is 1. The van der Waals surface area contributed by atoms with Crippen molar-refractivity contribution in [2.24, 2.45) is 0 Å². The van der Waals surface area contributed by atoms with Crippen LogP contribution in [0.3, 0.4) is 0 Å². The maximum atomic E-state index is 11.8. The van der Waals surface area contributed by atoms with Gasteiger partial charge in [0.25, 0.3) is 0 Å². The monoisotopic (exact) mass is 264 g/mol. The molecule has 104 valence electrons. The number of carbonyl (C=O) groups excluding carboxylic acids is 1. The zero-order chi connectivity index (χ0) is 13.1. The van der Waals surface area contributed by atoms with E-state index in [0.29, 0.717) is 24.3 Å². The molecular formula is C13H20N4O2. The van der Waals surface area contributed by atoms with Gasteiger partial charge in [-0.25, -0.2) is 0 Å². The molecule has 2 fully saturated rings. The third-order valence-corrected chi connectivity index (χ3v) is 3.75. The normalized spacial score (nSPS) is 23.3. The van der Waals surface area contributed by atoms with E-state index in [4.69, 9.17) is 4.42 Å². The van der Waals surface area contributed by atoms with Crippen molar-refractivity contribution in [2.45, 2.75) is 56.9 Å². The molecule has 1 amide bonds. The fourth-order valence-electron chi connectivity index (χ4n) is 2.44. The lowest BCUT2D eigenvalue weighted by atomic mass is 10.0. The Bertz CT molecular complexity index is 436. The van der Waals surface area contributed by atoms with Crippen molar-refractivity contribution in [1.82, 2.24) is 15.5 Å². The summed E-state index contributed by atoms with van der Waals surface area (Å²) in [6.07, 6.45) is 7.27. The smallest absolute Gasteiger partial charge is 0.322 e. The molecule has 1 saturated heterocycles. The van der Waals surface area contributed by atoms with Gasteiger partial charge < -0.3 is 9.73 Å². The molecule has 1 aliphatic carbocycles. The number of hydrogen-bond acceptors (Lipinski definition) is 5. The highest BCUT2D eigenvalue weighted by molar-refractivity contribution is 5.88. The lowest BCUT2D eigenvalue weighted by Gasteiger charge is -2.22. The second-order valence-electron chi connectivity index (χ2n) is 5.45. The van der Waals surface area contributed by atoms with E-state index in [1.807, 2.05) is 0 Å². The molecule has 3 rings (SSSR count). The fraction of sp³-hybridized carbons (Fsp3) is 0.769. The Labute approximate surface area is 112 Å². The molecule has 2 N–H and O–H groups in total. The average Bonchev–Trinajstić information content (AvgIpc) is 3.19. The Morgan fingerprint density at radius 1 is 1.32 bits per heavy atom. The number of piperidine rings is 1. The van der Waals surface area contributed by atoms with Gasteiger partial charge in [0.05, 0.1) is 0 Å². The van der Waals surface area contributed by atoms with Gasteiger partial charge in [0, 0.05) is 18.4 Å². The van der Waals surface area contributed by atoms with Crippen molar-refractivity contribution in [3.63, 3.8) is 0 Å². The highest BCUT2D eigenvalue weighted by atomic mass is 16.4. The average molecular weight is 264 g/mol. The third kappa shape index (κ3) is 3.53. The third-order valence-electron chi connectivity index (χ3n) is 3.75. The van der Waals surface area contributed by atoms with E-state index in [1.165, 1.54) is 19.3 Å². The summed E-state index contributed by atoms with van der Waals surface area (Å²) in [5.74, 6) is 1.03. The molecule has 1 saturated carbocycles. The summed E-state index contributed by atoms with van der Waals surface area (Å²) in [6, 6.07) is 0.715. The number of hydrogen-bond donors (Lipinski definition) is 2. The molecule has 1 aromatic heterocycles. The lowest BCUT2D eigenvalue weighted by molar-refractivity contribution is -0.116. The van der Waals surface area contributed by atoms with Crippen LogP contribution in [0, 0.1) is 0 Å². The molecule has 6 nitrogen and oxygen atoms in total. The molecule has 6 heteroatoms. The molecular weight excluding hydrogens is 244 g/mol. The van der Waals surface area contributed by atoms with Crippen molar-refractivity contribution in [3.8, 4) is 0 Å². The highest BCUT2D eigenvalue weighted by Crippen LogP contribution is 2.39. The standard InChI is InChI=1S/C13H20N4O2/c18-11(7-6-10-3-1-2-8-14-10)15-13-17-16-12(19-13)9-4-5-9/h9-10,14H,1-8H2,(H,15,17,18). The van der Waals surface area contributed by atoms with E-state index >= 15 is 0 Å². The zero-order valence-corrected chi connectivity index (χ0v) is 11.0. The minimum Gasteiger partial charge on any atom is -0.408 e. The molecule has 1 aliphatic heterocycles. The highest BCUT2D eigenvalue weighted by Gasteiger charge is 2.29. The van der Waals surface area contributed by atoms with Gasteiger partial charge in [-0.2, -0.15) is 0 Å². The molecule has 0 radical (unpaired) electrons. The Morgan fingerprint density at radius 3 is 2.95 bits per heavy atom. The number of nitrogens with one attached hydrogen (secondary N) is 2. The topological polar surface area (TPSA) is 80.0 Å². The van der Waals surface area contributed by atoms with Gasteiger partial charge in [-0.1, -0.05) is 11.5 Å². The maximum absolute atomic E-state index is 11.8. The van der Waals surface area contributed by atoms with E-state index in [-0.39, 0.29) is 11.9 Å². The second-order valence-corrected chi connectivity index (χ2v) is 5.45. The van der Waals surface area contributed by atoms with Crippen LogP contribution in [0.1, 0.15) is 56.8 Å². The molecule has 1 atom stereocenters.